The molecule has 0 radical (unpaired) electrons. The van der Waals surface area contributed by atoms with Crippen molar-refractivity contribution in [3.63, 3.8) is 0 Å². The molecule has 0 saturated carbocycles. The Morgan fingerprint density at radius 3 is 2.00 bits per heavy atom. The van der Waals surface area contributed by atoms with E-state index >= 15 is 0 Å². The number of nitrogens with two attached hydrogens (primary N) is 1. The fourth-order valence-corrected chi connectivity index (χ4v) is 1.95. The van der Waals surface area contributed by atoms with Gasteiger partial charge in [-0.25, -0.2) is 0 Å². The van der Waals surface area contributed by atoms with Gasteiger partial charge in [0, 0.05) is 19.6 Å². The van der Waals surface area contributed by atoms with Gasteiger partial charge in [-0.1, -0.05) is 34.6 Å². The molecule has 3 heteroatoms. The molecule has 17 heavy (non-hydrogen) atoms. The second-order valence-electron chi connectivity index (χ2n) is 6.63. The summed E-state index contributed by atoms with van der Waals surface area (Å²) in [6, 6.07) is 0.261. The maximum atomic E-state index is 12.3. The maximum absolute atomic E-state index is 12.3. The first-order valence-corrected chi connectivity index (χ1v) is 6.57. The first-order valence-electron chi connectivity index (χ1n) is 6.57. The van der Waals surface area contributed by atoms with Crippen LogP contribution in [0.15, 0.2) is 0 Å². The third kappa shape index (κ3) is 5.53. The van der Waals surface area contributed by atoms with Crippen molar-refractivity contribution in [1.82, 2.24) is 4.90 Å². The van der Waals surface area contributed by atoms with E-state index < -0.39 is 0 Å². The van der Waals surface area contributed by atoms with Gasteiger partial charge in [-0.05, 0) is 24.7 Å². The van der Waals surface area contributed by atoms with E-state index in [4.69, 9.17) is 5.73 Å². The number of hydrogen-bond donors (Lipinski definition) is 1. The highest BCUT2D eigenvalue weighted by atomic mass is 16.2. The Morgan fingerprint density at radius 2 is 1.71 bits per heavy atom. The van der Waals surface area contributed by atoms with E-state index in [2.05, 4.69) is 41.5 Å². The van der Waals surface area contributed by atoms with Gasteiger partial charge in [-0.2, -0.15) is 0 Å². The summed E-state index contributed by atoms with van der Waals surface area (Å²) in [5.74, 6) is 0.599. The van der Waals surface area contributed by atoms with Crippen molar-refractivity contribution in [2.24, 2.45) is 23.0 Å². The highest BCUT2D eigenvalue weighted by molar-refractivity contribution is 5.79. The zero-order valence-corrected chi connectivity index (χ0v) is 12.6. The smallest absolute Gasteiger partial charge is 0.226 e. The minimum atomic E-state index is -0.0544. The van der Waals surface area contributed by atoms with Gasteiger partial charge in [0.05, 0.1) is 5.92 Å². The SMILES string of the molecule is CC(C)C(C)N(C)C(=O)C(CN)CC(C)(C)C. The standard InChI is InChI=1S/C14H30N2O/c1-10(2)11(3)16(7)13(17)12(9-15)8-14(4,5)6/h10-12H,8-9,15H2,1-7H3. The highest BCUT2D eigenvalue weighted by Gasteiger charge is 2.28. The van der Waals surface area contributed by atoms with Crippen LogP contribution in [-0.2, 0) is 4.79 Å². The minimum Gasteiger partial charge on any atom is -0.343 e. The van der Waals surface area contributed by atoms with Gasteiger partial charge in [0.15, 0.2) is 0 Å². The number of rotatable bonds is 5. The van der Waals surface area contributed by atoms with Gasteiger partial charge in [0.2, 0.25) is 5.91 Å². The van der Waals surface area contributed by atoms with Gasteiger partial charge >= 0.3 is 0 Å². The van der Waals surface area contributed by atoms with E-state index in [-0.39, 0.29) is 23.3 Å². The van der Waals surface area contributed by atoms with Gasteiger partial charge in [0.1, 0.15) is 0 Å². The third-order valence-electron chi connectivity index (χ3n) is 3.42. The third-order valence-corrected chi connectivity index (χ3v) is 3.42. The van der Waals surface area contributed by atoms with Crippen LogP contribution in [0.5, 0.6) is 0 Å². The number of hydrogen-bond acceptors (Lipinski definition) is 2. The summed E-state index contributed by atoms with van der Waals surface area (Å²) in [6.07, 6.45) is 0.845. The topological polar surface area (TPSA) is 46.3 Å². The molecule has 0 rings (SSSR count). The molecular formula is C14H30N2O. The van der Waals surface area contributed by atoms with Crippen LogP contribution in [0.25, 0.3) is 0 Å². The van der Waals surface area contributed by atoms with Crippen molar-refractivity contribution in [2.45, 2.75) is 54.0 Å². The molecule has 0 aromatic heterocycles. The summed E-state index contributed by atoms with van der Waals surface area (Å²) in [5, 5.41) is 0. The van der Waals surface area contributed by atoms with Gasteiger partial charge in [-0.15, -0.1) is 0 Å². The molecular weight excluding hydrogens is 212 g/mol. The molecule has 0 aliphatic rings. The molecule has 0 aliphatic carbocycles. The van der Waals surface area contributed by atoms with Crippen molar-refractivity contribution in [1.29, 1.82) is 0 Å². The van der Waals surface area contributed by atoms with Crippen molar-refractivity contribution in [3.8, 4) is 0 Å². The lowest BCUT2D eigenvalue weighted by molar-refractivity contribution is -0.137. The molecule has 0 aromatic carbocycles. The fourth-order valence-electron chi connectivity index (χ4n) is 1.95. The molecule has 0 spiro atoms. The lowest BCUT2D eigenvalue weighted by atomic mass is 9.84. The Hall–Kier alpha value is -0.570. The van der Waals surface area contributed by atoms with E-state index in [0.29, 0.717) is 12.5 Å². The average molecular weight is 242 g/mol. The first-order chi connectivity index (χ1) is 7.60. The van der Waals surface area contributed by atoms with E-state index in [1.54, 1.807) is 0 Å². The summed E-state index contributed by atoms with van der Waals surface area (Å²) in [4.78, 5) is 14.2. The number of amides is 1. The fraction of sp³-hybridized carbons (Fsp3) is 0.929. The largest absolute Gasteiger partial charge is 0.343 e. The molecule has 0 aliphatic heterocycles. The molecule has 2 atom stereocenters. The van der Waals surface area contributed by atoms with E-state index in [1.807, 2.05) is 11.9 Å². The summed E-state index contributed by atoms with van der Waals surface area (Å²) in [7, 11) is 1.89. The summed E-state index contributed by atoms with van der Waals surface area (Å²) in [6.45, 7) is 13.2. The van der Waals surface area contributed by atoms with Crippen molar-refractivity contribution in [3.05, 3.63) is 0 Å². The van der Waals surface area contributed by atoms with Crippen LogP contribution >= 0.6 is 0 Å². The molecule has 2 unspecified atom stereocenters. The van der Waals surface area contributed by atoms with Gasteiger partial charge in [0.25, 0.3) is 0 Å². The van der Waals surface area contributed by atoms with Crippen LogP contribution in [0.1, 0.15) is 48.0 Å². The molecule has 0 heterocycles. The molecule has 0 bridgehead atoms. The van der Waals surface area contributed by atoms with Gasteiger partial charge < -0.3 is 10.6 Å². The van der Waals surface area contributed by atoms with Gasteiger partial charge in [-0.3, -0.25) is 4.79 Å². The molecule has 0 fully saturated rings. The molecule has 2 N–H and O–H groups in total. The molecule has 1 amide bonds. The zero-order chi connectivity index (χ0) is 13.8. The molecule has 0 saturated heterocycles. The predicted molar refractivity (Wildman–Crippen MR) is 73.7 cm³/mol. The Morgan fingerprint density at radius 1 is 1.24 bits per heavy atom. The van der Waals surface area contributed by atoms with Crippen LogP contribution in [0, 0.1) is 17.3 Å². The van der Waals surface area contributed by atoms with E-state index in [9.17, 15) is 4.79 Å². The zero-order valence-electron chi connectivity index (χ0n) is 12.6. The van der Waals surface area contributed by atoms with E-state index in [0.717, 1.165) is 6.42 Å². The van der Waals surface area contributed by atoms with Crippen LogP contribution in [-0.4, -0.2) is 30.4 Å². The van der Waals surface area contributed by atoms with Crippen molar-refractivity contribution in [2.75, 3.05) is 13.6 Å². The summed E-state index contributed by atoms with van der Waals surface area (Å²) >= 11 is 0. The molecule has 3 nitrogen and oxygen atoms in total. The Labute approximate surface area is 107 Å². The molecule has 0 aromatic rings. The van der Waals surface area contributed by atoms with Crippen molar-refractivity contribution < 1.29 is 4.79 Å². The summed E-state index contributed by atoms with van der Waals surface area (Å²) < 4.78 is 0. The highest BCUT2D eigenvalue weighted by Crippen LogP contribution is 2.25. The van der Waals surface area contributed by atoms with Crippen LogP contribution < -0.4 is 5.73 Å². The minimum absolute atomic E-state index is 0.0544. The van der Waals surface area contributed by atoms with E-state index in [1.165, 1.54) is 0 Å². The normalized spacial score (nSPS) is 15.8. The molecule has 102 valence electrons. The Bertz CT molecular complexity index is 243. The first kappa shape index (κ1) is 16.4. The second kappa shape index (κ2) is 6.39. The quantitative estimate of drug-likeness (QED) is 0.805. The lowest BCUT2D eigenvalue weighted by Crippen LogP contribution is -2.44. The number of carbonyl (C=O) groups is 1. The maximum Gasteiger partial charge on any atom is 0.226 e. The predicted octanol–water partition coefficient (Wildman–Crippen LogP) is 2.50. The average Bonchev–Trinajstić information content (AvgIpc) is 2.21. The number of nitrogens with zero attached hydrogens (tertiary/aromatic N) is 1. The monoisotopic (exact) mass is 242 g/mol. The summed E-state index contributed by atoms with van der Waals surface area (Å²) in [5.41, 5.74) is 5.89. The van der Waals surface area contributed by atoms with Crippen LogP contribution in [0.3, 0.4) is 0 Å². The Kier molecular flexibility index (Phi) is 6.17. The number of carbonyl (C=O) groups excluding carboxylic acids is 1. The lowest BCUT2D eigenvalue weighted by Gasteiger charge is -2.33. The van der Waals surface area contributed by atoms with Crippen molar-refractivity contribution >= 4 is 5.91 Å². The van der Waals surface area contributed by atoms with Crippen LogP contribution in [0.4, 0.5) is 0 Å². The second-order valence-corrected chi connectivity index (χ2v) is 6.63. The van der Waals surface area contributed by atoms with Crippen LogP contribution in [0.2, 0.25) is 0 Å². The Balaban J connectivity index is 4.64.